The number of rotatable bonds is 3. The van der Waals surface area contributed by atoms with Crippen molar-refractivity contribution in [3.8, 4) is 0 Å². The van der Waals surface area contributed by atoms with Crippen molar-refractivity contribution in [1.82, 2.24) is 25.1 Å². The standard InChI is InChI=1S/C10H15N5OS/c1-16-6-8-12-13-10-15(8)14-9(17-10)7-3-2-4-11-5-7/h7,11H,2-6H2,1H3. The second kappa shape index (κ2) is 4.67. The van der Waals surface area contributed by atoms with Crippen LogP contribution in [0.15, 0.2) is 0 Å². The molecule has 17 heavy (non-hydrogen) atoms. The minimum Gasteiger partial charge on any atom is -0.377 e. The molecular formula is C10H15N5OS. The summed E-state index contributed by atoms with van der Waals surface area (Å²) < 4.78 is 6.88. The van der Waals surface area contributed by atoms with Gasteiger partial charge in [-0.25, -0.2) is 0 Å². The molecule has 3 rings (SSSR count). The molecule has 0 amide bonds. The van der Waals surface area contributed by atoms with Gasteiger partial charge in [-0.05, 0) is 19.4 Å². The maximum atomic E-state index is 5.08. The maximum absolute atomic E-state index is 5.08. The summed E-state index contributed by atoms with van der Waals surface area (Å²) >= 11 is 1.63. The molecule has 3 heterocycles. The summed E-state index contributed by atoms with van der Waals surface area (Å²) in [7, 11) is 1.65. The molecule has 2 aromatic heterocycles. The van der Waals surface area contributed by atoms with Crippen LogP contribution < -0.4 is 5.32 Å². The van der Waals surface area contributed by atoms with E-state index in [2.05, 4.69) is 20.6 Å². The van der Waals surface area contributed by atoms with Crippen LogP contribution in [0.3, 0.4) is 0 Å². The third-order valence-corrected chi connectivity index (χ3v) is 4.05. The Hall–Kier alpha value is -1.05. The molecule has 1 aliphatic heterocycles. The van der Waals surface area contributed by atoms with Crippen molar-refractivity contribution in [3.05, 3.63) is 10.8 Å². The zero-order valence-electron chi connectivity index (χ0n) is 9.72. The van der Waals surface area contributed by atoms with E-state index in [0.717, 1.165) is 28.9 Å². The molecule has 6 nitrogen and oxygen atoms in total. The van der Waals surface area contributed by atoms with Gasteiger partial charge in [0.15, 0.2) is 5.82 Å². The minimum absolute atomic E-state index is 0.452. The number of methoxy groups -OCH3 is 1. The number of aromatic nitrogens is 4. The van der Waals surface area contributed by atoms with Crippen LogP contribution in [0.4, 0.5) is 0 Å². The first-order valence-electron chi connectivity index (χ1n) is 5.79. The van der Waals surface area contributed by atoms with E-state index in [1.54, 1.807) is 23.0 Å². The van der Waals surface area contributed by atoms with Gasteiger partial charge in [0.25, 0.3) is 0 Å². The second-order valence-electron chi connectivity index (χ2n) is 4.23. The molecule has 0 bridgehead atoms. The largest absolute Gasteiger partial charge is 0.377 e. The molecule has 0 aliphatic carbocycles. The van der Waals surface area contributed by atoms with Crippen LogP contribution in [0.2, 0.25) is 0 Å². The van der Waals surface area contributed by atoms with Crippen LogP contribution >= 0.6 is 11.3 Å². The molecule has 7 heteroatoms. The van der Waals surface area contributed by atoms with Gasteiger partial charge in [0.1, 0.15) is 11.6 Å². The molecule has 1 atom stereocenters. The van der Waals surface area contributed by atoms with Gasteiger partial charge in [0.2, 0.25) is 4.96 Å². The van der Waals surface area contributed by atoms with Gasteiger partial charge < -0.3 is 10.1 Å². The number of hydrogen-bond donors (Lipinski definition) is 1. The third kappa shape index (κ3) is 2.05. The summed E-state index contributed by atoms with van der Waals surface area (Å²) in [5, 5.41) is 17.3. The predicted octanol–water partition coefficient (Wildman–Crippen LogP) is 0.799. The summed E-state index contributed by atoms with van der Waals surface area (Å²) in [6.45, 7) is 2.59. The number of nitrogens with zero attached hydrogens (tertiary/aromatic N) is 4. The summed E-state index contributed by atoms with van der Waals surface area (Å²) in [6, 6.07) is 0. The zero-order valence-corrected chi connectivity index (χ0v) is 10.5. The first kappa shape index (κ1) is 11.1. The molecular weight excluding hydrogens is 238 g/mol. The molecule has 1 fully saturated rings. The lowest BCUT2D eigenvalue weighted by Gasteiger charge is -2.19. The lowest BCUT2D eigenvalue weighted by Crippen LogP contribution is -2.28. The lowest BCUT2D eigenvalue weighted by atomic mass is 10.0. The van der Waals surface area contributed by atoms with E-state index in [4.69, 9.17) is 4.74 Å². The fourth-order valence-corrected chi connectivity index (χ4v) is 3.11. The Morgan fingerprint density at radius 2 is 2.47 bits per heavy atom. The van der Waals surface area contributed by atoms with E-state index in [1.807, 2.05) is 0 Å². The van der Waals surface area contributed by atoms with Crippen LogP contribution in [0, 0.1) is 0 Å². The predicted molar refractivity (Wildman–Crippen MR) is 64.2 cm³/mol. The van der Waals surface area contributed by atoms with E-state index in [9.17, 15) is 0 Å². The quantitative estimate of drug-likeness (QED) is 0.876. The highest BCUT2D eigenvalue weighted by Crippen LogP contribution is 2.27. The average Bonchev–Trinajstić information content (AvgIpc) is 2.93. The van der Waals surface area contributed by atoms with Gasteiger partial charge in [-0.3, -0.25) is 0 Å². The second-order valence-corrected chi connectivity index (χ2v) is 5.21. The molecule has 2 aromatic rings. The van der Waals surface area contributed by atoms with E-state index < -0.39 is 0 Å². The summed E-state index contributed by atoms with van der Waals surface area (Å²) in [6.07, 6.45) is 2.42. The Morgan fingerprint density at radius 3 is 3.24 bits per heavy atom. The smallest absolute Gasteiger partial charge is 0.234 e. The monoisotopic (exact) mass is 253 g/mol. The Balaban J connectivity index is 1.90. The fourth-order valence-electron chi connectivity index (χ4n) is 2.12. The van der Waals surface area contributed by atoms with Crippen molar-refractivity contribution in [2.75, 3.05) is 20.2 Å². The first-order chi connectivity index (χ1) is 8.38. The third-order valence-electron chi connectivity index (χ3n) is 2.99. The topological polar surface area (TPSA) is 64.3 Å². The summed E-state index contributed by atoms with van der Waals surface area (Å²) in [5.74, 6) is 1.29. The molecule has 1 aliphatic rings. The molecule has 1 unspecified atom stereocenters. The van der Waals surface area contributed by atoms with E-state index in [-0.39, 0.29) is 0 Å². The van der Waals surface area contributed by atoms with Crippen molar-refractivity contribution in [2.24, 2.45) is 0 Å². The molecule has 1 saturated heterocycles. The Labute approximate surface area is 103 Å². The van der Waals surface area contributed by atoms with Crippen molar-refractivity contribution in [3.63, 3.8) is 0 Å². The summed E-state index contributed by atoms with van der Waals surface area (Å²) in [4.78, 5) is 0.859. The molecule has 0 saturated carbocycles. The molecule has 0 aromatic carbocycles. The first-order valence-corrected chi connectivity index (χ1v) is 6.61. The molecule has 0 spiro atoms. The van der Waals surface area contributed by atoms with Crippen LogP contribution in [-0.2, 0) is 11.3 Å². The number of ether oxygens (including phenoxy) is 1. The van der Waals surface area contributed by atoms with Crippen molar-refractivity contribution < 1.29 is 4.74 Å². The van der Waals surface area contributed by atoms with Gasteiger partial charge in [0, 0.05) is 19.6 Å². The molecule has 0 radical (unpaired) electrons. The van der Waals surface area contributed by atoms with E-state index in [0.29, 0.717) is 12.5 Å². The number of hydrogen-bond acceptors (Lipinski definition) is 6. The fraction of sp³-hybridized carbons (Fsp3) is 0.700. The van der Waals surface area contributed by atoms with Crippen molar-refractivity contribution in [1.29, 1.82) is 0 Å². The van der Waals surface area contributed by atoms with Crippen molar-refractivity contribution in [2.45, 2.75) is 25.4 Å². The highest BCUT2D eigenvalue weighted by atomic mass is 32.1. The normalized spacial score (nSPS) is 21.1. The van der Waals surface area contributed by atoms with Crippen molar-refractivity contribution >= 4 is 16.3 Å². The Bertz CT molecular complexity index is 502. The average molecular weight is 253 g/mol. The molecule has 92 valence electrons. The summed E-state index contributed by atoms with van der Waals surface area (Å²) in [5.41, 5.74) is 0. The van der Waals surface area contributed by atoms with Gasteiger partial charge in [-0.15, -0.1) is 10.2 Å². The zero-order chi connectivity index (χ0) is 11.7. The SMILES string of the molecule is COCc1nnc2sc(C3CCCNC3)nn12. The Morgan fingerprint density at radius 1 is 1.53 bits per heavy atom. The van der Waals surface area contributed by atoms with Gasteiger partial charge in [-0.1, -0.05) is 11.3 Å². The number of piperidine rings is 1. The van der Waals surface area contributed by atoms with Crippen LogP contribution in [0.5, 0.6) is 0 Å². The van der Waals surface area contributed by atoms with Crippen LogP contribution in [-0.4, -0.2) is 40.0 Å². The number of fused-ring (bicyclic) bond motifs is 1. The highest BCUT2D eigenvalue weighted by molar-refractivity contribution is 7.16. The number of nitrogens with one attached hydrogen (secondary N) is 1. The lowest BCUT2D eigenvalue weighted by molar-refractivity contribution is 0.176. The van der Waals surface area contributed by atoms with E-state index in [1.165, 1.54) is 12.8 Å². The van der Waals surface area contributed by atoms with Gasteiger partial charge in [-0.2, -0.15) is 9.61 Å². The van der Waals surface area contributed by atoms with Gasteiger partial charge >= 0.3 is 0 Å². The highest BCUT2D eigenvalue weighted by Gasteiger charge is 2.21. The van der Waals surface area contributed by atoms with Gasteiger partial charge in [0.05, 0.1) is 0 Å². The van der Waals surface area contributed by atoms with E-state index >= 15 is 0 Å². The van der Waals surface area contributed by atoms with Crippen LogP contribution in [0.25, 0.3) is 4.96 Å². The molecule has 1 N–H and O–H groups in total. The Kier molecular flexibility index (Phi) is 3.04. The maximum Gasteiger partial charge on any atom is 0.234 e. The minimum atomic E-state index is 0.452. The van der Waals surface area contributed by atoms with Crippen LogP contribution in [0.1, 0.15) is 29.6 Å².